The van der Waals surface area contributed by atoms with Gasteiger partial charge in [0, 0.05) is 12.1 Å². The van der Waals surface area contributed by atoms with Gasteiger partial charge in [-0.15, -0.1) is 0 Å². The summed E-state index contributed by atoms with van der Waals surface area (Å²) in [5.41, 5.74) is 5.41. The molecule has 0 saturated carbocycles. The number of nitrogens with two attached hydrogens (primary N) is 1. The third-order valence-electron chi connectivity index (χ3n) is 2.71. The molecule has 0 amide bonds. The summed E-state index contributed by atoms with van der Waals surface area (Å²) >= 11 is 0. The van der Waals surface area contributed by atoms with Crippen molar-refractivity contribution in [2.45, 2.75) is 65.0 Å². The van der Waals surface area contributed by atoms with Crippen LogP contribution in [0.4, 0.5) is 0 Å². The number of aliphatic hydroxyl groups excluding tert-OH is 1. The number of ether oxygens (including phenoxy) is 1. The molecule has 0 aromatic rings. The lowest BCUT2D eigenvalue weighted by Gasteiger charge is -2.21. The number of hydrogen-bond acceptors (Lipinski definition) is 3. The molecule has 0 rings (SSSR count). The Morgan fingerprint density at radius 1 is 1.25 bits per heavy atom. The van der Waals surface area contributed by atoms with Gasteiger partial charge in [0.05, 0.1) is 12.7 Å². The molecule has 0 saturated heterocycles. The first-order chi connectivity index (χ1) is 7.37. The Hall–Kier alpha value is -0.120. The van der Waals surface area contributed by atoms with Gasteiger partial charge in [0.25, 0.3) is 0 Å². The van der Waals surface area contributed by atoms with E-state index in [4.69, 9.17) is 15.6 Å². The van der Waals surface area contributed by atoms with Crippen LogP contribution in [0.3, 0.4) is 0 Å². The lowest BCUT2D eigenvalue weighted by molar-refractivity contribution is 0.0483. The number of hydrogen-bond donors (Lipinski definition) is 2. The molecule has 0 fully saturated rings. The zero-order chi connectivity index (χ0) is 12.6. The zero-order valence-corrected chi connectivity index (χ0v) is 11.3. The highest BCUT2D eigenvalue weighted by molar-refractivity contribution is 4.76. The van der Waals surface area contributed by atoms with Gasteiger partial charge >= 0.3 is 0 Å². The summed E-state index contributed by atoms with van der Waals surface area (Å²) in [5.74, 6) is 0.691. The van der Waals surface area contributed by atoms with Crippen LogP contribution in [0.25, 0.3) is 0 Å². The molecule has 98 valence electrons. The molecule has 16 heavy (non-hydrogen) atoms. The molecular formula is C13H29NO2. The van der Waals surface area contributed by atoms with Crippen LogP contribution in [0.1, 0.15) is 53.4 Å². The lowest BCUT2D eigenvalue weighted by Crippen LogP contribution is -2.39. The molecule has 2 unspecified atom stereocenters. The van der Waals surface area contributed by atoms with Gasteiger partial charge in [-0.2, -0.15) is 0 Å². The van der Waals surface area contributed by atoms with E-state index in [2.05, 4.69) is 20.8 Å². The maximum Gasteiger partial charge on any atom is 0.0608 e. The molecule has 0 radical (unpaired) electrons. The molecule has 0 spiro atoms. The summed E-state index contributed by atoms with van der Waals surface area (Å²) in [6, 6.07) is 0. The Kier molecular flexibility index (Phi) is 7.98. The normalized spacial score (nSPS) is 17.4. The maximum absolute atomic E-state index is 8.98. The monoisotopic (exact) mass is 231 g/mol. The van der Waals surface area contributed by atoms with Crippen LogP contribution < -0.4 is 5.73 Å². The van der Waals surface area contributed by atoms with Gasteiger partial charge < -0.3 is 15.6 Å². The predicted molar refractivity (Wildman–Crippen MR) is 68.4 cm³/mol. The quantitative estimate of drug-likeness (QED) is 0.599. The average Bonchev–Trinajstić information content (AvgIpc) is 2.16. The first-order valence-electron chi connectivity index (χ1n) is 6.38. The number of unbranched alkanes of at least 4 members (excludes halogenated alkanes) is 1. The van der Waals surface area contributed by atoms with Crippen molar-refractivity contribution in [3.05, 3.63) is 0 Å². The second-order valence-corrected chi connectivity index (χ2v) is 5.58. The second kappa shape index (κ2) is 8.04. The van der Waals surface area contributed by atoms with Crippen LogP contribution in [-0.4, -0.2) is 30.0 Å². The summed E-state index contributed by atoms with van der Waals surface area (Å²) in [6.07, 6.45) is 4.36. The molecule has 0 aliphatic rings. The Labute approximate surface area is 100 Å². The van der Waals surface area contributed by atoms with Crippen molar-refractivity contribution >= 4 is 0 Å². The molecule has 0 bridgehead atoms. The van der Waals surface area contributed by atoms with E-state index in [1.807, 2.05) is 6.92 Å². The molecule has 2 atom stereocenters. The largest absolute Gasteiger partial charge is 0.394 e. The first kappa shape index (κ1) is 15.9. The topological polar surface area (TPSA) is 55.5 Å². The summed E-state index contributed by atoms with van der Waals surface area (Å²) in [5, 5.41) is 8.98. The predicted octanol–water partition coefficient (Wildman–Crippen LogP) is 2.32. The summed E-state index contributed by atoms with van der Waals surface area (Å²) in [4.78, 5) is 0. The van der Waals surface area contributed by atoms with E-state index >= 15 is 0 Å². The third-order valence-corrected chi connectivity index (χ3v) is 2.71. The van der Waals surface area contributed by atoms with Crippen LogP contribution in [0.2, 0.25) is 0 Å². The van der Waals surface area contributed by atoms with Gasteiger partial charge in [0.15, 0.2) is 0 Å². The Balaban J connectivity index is 3.40. The van der Waals surface area contributed by atoms with Gasteiger partial charge in [-0.25, -0.2) is 0 Å². The fraction of sp³-hybridized carbons (Fsp3) is 1.00. The van der Waals surface area contributed by atoms with E-state index in [9.17, 15) is 0 Å². The van der Waals surface area contributed by atoms with Gasteiger partial charge in [0.2, 0.25) is 0 Å². The minimum absolute atomic E-state index is 0.0532. The van der Waals surface area contributed by atoms with Crippen LogP contribution in [-0.2, 0) is 4.74 Å². The fourth-order valence-corrected chi connectivity index (χ4v) is 1.73. The highest BCUT2D eigenvalue weighted by Crippen LogP contribution is 2.11. The van der Waals surface area contributed by atoms with Gasteiger partial charge in [-0.05, 0) is 45.4 Å². The standard InChI is InChI=1S/C13H29NO2/c1-11(2)9-12(3)16-8-6-5-7-13(4,14)10-15/h11-12,15H,5-10,14H2,1-4H3. The van der Waals surface area contributed by atoms with Crippen molar-refractivity contribution in [3.63, 3.8) is 0 Å². The average molecular weight is 231 g/mol. The van der Waals surface area contributed by atoms with Crippen molar-refractivity contribution in [1.82, 2.24) is 0 Å². The maximum atomic E-state index is 8.98. The van der Waals surface area contributed by atoms with Crippen LogP contribution in [0.15, 0.2) is 0 Å². The van der Waals surface area contributed by atoms with Gasteiger partial charge in [-0.1, -0.05) is 13.8 Å². The van der Waals surface area contributed by atoms with E-state index < -0.39 is 5.54 Å². The van der Waals surface area contributed by atoms with Gasteiger partial charge in [0.1, 0.15) is 0 Å². The molecule has 0 heterocycles. The van der Waals surface area contributed by atoms with Crippen molar-refractivity contribution < 1.29 is 9.84 Å². The van der Waals surface area contributed by atoms with Crippen molar-refractivity contribution in [2.75, 3.05) is 13.2 Å². The Bertz CT molecular complexity index is 169. The van der Waals surface area contributed by atoms with E-state index in [-0.39, 0.29) is 6.61 Å². The molecule has 0 aromatic carbocycles. The van der Waals surface area contributed by atoms with Crippen LogP contribution in [0, 0.1) is 5.92 Å². The van der Waals surface area contributed by atoms with Crippen molar-refractivity contribution in [1.29, 1.82) is 0 Å². The highest BCUT2D eigenvalue weighted by Gasteiger charge is 2.15. The summed E-state index contributed by atoms with van der Waals surface area (Å²) < 4.78 is 5.70. The van der Waals surface area contributed by atoms with E-state index in [0.29, 0.717) is 12.0 Å². The van der Waals surface area contributed by atoms with Gasteiger partial charge in [-0.3, -0.25) is 0 Å². The number of rotatable bonds is 9. The molecule has 0 aromatic heterocycles. The smallest absolute Gasteiger partial charge is 0.0608 e. The van der Waals surface area contributed by atoms with E-state index in [1.165, 1.54) is 0 Å². The summed E-state index contributed by atoms with van der Waals surface area (Å²) in [6.45, 7) is 9.28. The molecule has 3 heteroatoms. The minimum Gasteiger partial charge on any atom is -0.394 e. The molecule has 3 nitrogen and oxygen atoms in total. The highest BCUT2D eigenvalue weighted by atomic mass is 16.5. The minimum atomic E-state index is -0.427. The Morgan fingerprint density at radius 3 is 2.38 bits per heavy atom. The van der Waals surface area contributed by atoms with E-state index in [1.54, 1.807) is 0 Å². The first-order valence-corrected chi connectivity index (χ1v) is 6.38. The molecule has 0 aliphatic carbocycles. The third kappa shape index (κ3) is 9.13. The summed E-state index contributed by atoms with van der Waals surface area (Å²) in [7, 11) is 0. The van der Waals surface area contributed by atoms with Crippen molar-refractivity contribution in [3.8, 4) is 0 Å². The molecule has 3 N–H and O–H groups in total. The van der Waals surface area contributed by atoms with Crippen LogP contribution >= 0.6 is 0 Å². The van der Waals surface area contributed by atoms with Crippen molar-refractivity contribution in [2.24, 2.45) is 11.7 Å². The zero-order valence-electron chi connectivity index (χ0n) is 11.3. The number of aliphatic hydroxyl groups is 1. The van der Waals surface area contributed by atoms with E-state index in [0.717, 1.165) is 32.3 Å². The SMILES string of the molecule is CC(C)CC(C)OCCCCC(C)(N)CO. The fourth-order valence-electron chi connectivity index (χ4n) is 1.73. The second-order valence-electron chi connectivity index (χ2n) is 5.58. The lowest BCUT2D eigenvalue weighted by atomic mass is 9.97. The Morgan fingerprint density at radius 2 is 1.88 bits per heavy atom. The molecule has 0 aliphatic heterocycles. The van der Waals surface area contributed by atoms with Crippen LogP contribution in [0.5, 0.6) is 0 Å². The molecular weight excluding hydrogens is 202 g/mol.